The SMILES string of the molecule is O=C(O)C1CCCN(C(c2cccnc2)c2ccc(Cl)c(C(F)(F)F)c2)C1. The van der Waals surface area contributed by atoms with Crippen LogP contribution in [0.4, 0.5) is 13.2 Å². The van der Waals surface area contributed by atoms with E-state index in [0.717, 1.165) is 6.07 Å². The summed E-state index contributed by atoms with van der Waals surface area (Å²) in [5.74, 6) is -1.44. The highest BCUT2D eigenvalue weighted by atomic mass is 35.5. The van der Waals surface area contributed by atoms with Crippen LogP contribution in [0, 0.1) is 5.92 Å². The summed E-state index contributed by atoms with van der Waals surface area (Å²) in [6.45, 7) is 0.853. The van der Waals surface area contributed by atoms with E-state index in [4.69, 9.17) is 11.6 Å². The number of hydrogen-bond donors (Lipinski definition) is 1. The van der Waals surface area contributed by atoms with Crippen molar-refractivity contribution < 1.29 is 23.1 Å². The van der Waals surface area contributed by atoms with E-state index in [0.29, 0.717) is 30.5 Å². The van der Waals surface area contributed by atoms with E-state index in [1.54, 1.807) is 30.6 Å². The molecule has 1 aliphatic heterocycles. The maximum absolute atomic E-state index is 13.3. The van der Waals surface area contributed by atoms with Crippen molar-refractivity contribution in [1.29, 1.82) is 0 Å². The van der Waals surface area contributed by atoms with Crippen LogP contribution in [0.15, 0.2) is 42.7 Å². The number of benzene rings is 1. The topological polar surface area (TPSA) is 53.4 Å². The molecule has 1 saturated heterocycles. The molecule has 8 heteroatoms. The maximum atomic E-state index is 13.3. The quantitative estimate of drug-likeness (QED) is 0.815. The van der Waals surface area contributed by atoms with Crippen LogP contribution in [0.1, 0.15) is 35.6 Å². The van der Waals surface area contributed by atoms with Crippen molar-refractivity contribution in [2.24, 2.45) is 5.92 Å². The van der Waals surface area contributed by atoms with E-state index < -0.39 is 29.7 Å². The van der Waals surface area contributed by atoms with Gasteiger partial charge in [0.15, 0.2) is 0 Å². The minimum absolute atomic E-state index is 0.263. The summed E-state index contributed by atoms with van der Waals surface area (Å²) < 4.78 is 39.9. The van der Waals surface area contributed by atoms with Crippen LogP contribution in [0.5, 0.6) is 0 Å². The van der Waals surface area contributed by atoms with Crippen molar-refractivity contribution in [2.45, 2.75) is 25.1 Å². The molecule has 2 aromatic rings. The zero-order valence-corrected chi connectivity index (χ0v) is 15.0. The average Bonchev–Trinajstić information content (AvgIpc) is 2.63. The minimum Gasteiger partial charge on any atom is -0.481 e. The molecular formula is C19H18ClF3N2O2. The Labute approximate surface area is 159 Å². The first kappa shape index (κ1) is 19.6. The molecule has 1 aromatic carbocycles. The number of aromatic nitrogens is 1. The van der Waals surface area contributed by atoms with Gasteiger partial charge >= 0.3 is 12.1 Å². The Bertz CT molecular complexity index is 814. The molecule has 0 saturated carbocycles. The number of carboxylic acid groups (broad SMARTS) is 1. The summed E-state index contributed by atoms with van der Waals surface area (Å²) in [5.41, 5.74) is 0.215. The molecule has 27 heavy (non-hydrogen) atoms. The fraction of sp³-hybridized carbons (Fsp3) is 0.368. The second kappa shape index (κ2) is 7.86. The highest BCUT2D eigenvalue weighted by Gasteiger charge is 2.36. The monoisotopic (exact) mass is 398 g/mol. The largest absolute Gasteiger partial charge is 0.481 e. The number of carbonyl (C=O) groups is 1. The van der Waals surface area contributed by atoms with Gasteiger partial charge in [-0.25, -0.2) is 0 Å². The second-order valence-corrected chi connectivity index (χ2v) is 7.01. The highest BCUT2D eigenvalue weighted by Crippen LogP contribution is 2.39. The lowest BCUT2D eigenvalue weighted by Gasteiger charge is -2.37. The molecule has 0 aliphatic carbocycles. The zero-order valence-electron chi connectivity index (χ0n) is 14.3. The summed E-state index contributed by atoms with van der Waals surface area (Å²) in [7, 11) is 0. The lowest BCUT2D eigenvalue weighted by atomic mass is 9.91. The van der Waals surface area contributed by atoms with E-state index in [-0.39, 0.29) is 11.6 Å². The number of aliphatic carboxylic acids is 1. The number of pyridine rings is 1. The molecule has 3 rings (SSSR count). The fourth-order valence-corrected chi connectivity index (χ4v) is 3.75. The Morgan fingerprint density at radius 1 is 1.30 bits per heavy atom. The predicted octanol–water partition coefficient (Wildman–Crippen LogP) is 4.64. The lowest BCUT2D eigenvalue weighted by molar-refractivity contribution is -0.143. The summed E-state index contributed by atoms with van der Waals surface area (Å²) in [5, 5.41) is 9.00. The number of nitrogens with zero attached hydrogens (tertiary/aromatic N) is 2. The number of rotatable bonds is 4. The molecule has 0 spiro atoms. The highest BCUT2D eigenvalue weighted by molar-refractivity contribution is 6.31. The van der Waals surface area contributed by atoms with E-state index in [9.17, 15) is 23.1 Å². The van der Waals surface area contributed by atoms with Gasteiger partial charge in [0.2, 0.25) is 0 Å². The molecule has 0 bridgehead atoms. The summed E-state index contributed by atoms with van der Waals surface area (Å²) in [4.78, 5) is 17.4. The van der Waals surface area contributed by atoms with Crippen LogP contribution in [0.25, 0.3) is 0 Å². The maximum Gasteiger partial charge on any atom is 0.417 e. The molecule has 2 atom stereocenters. The first-order chi connectivity index (χ1) is 12.8. The normalized spacial score (nSPS) is 19.6. The van der Waals surface area contributed by atoms with Gasteiger partial charge in [-0.3, -0.25) is 14.7 Å². The van der Waals surface area contributed by atoms with Gasteiger partial charge in [-0.05, 0) is 48.7 Å². The van der Waals surface area contributed by atoms with E-state index >= 15 is 0 Å². The average molecular weight is 399 g/mol. The molecule has 1 fully saturated rings. The molecule has 0 radical (unpaired) electrons. The molecule has 4 nitrogen and oxygen atoms in total. The summed E-state index contributed by atoms with van der Waals surface area (Å²) >= 11 is 5.76. The number of halogens is 4. The number of hydrogen-bond acceptors (Lipinski definition) is 3. The van der Waals surface area contributed by atoms with Gasteiger partial charge in [0.05, 0.1) is 22.5 Å². The third kappa shape index (κ3) is 4.42. The molecule has 1 N–H and O–H groups in total. The van der Waals surface area contributed by atoms with Crippen molar-refractivity contribution >= 4 is 17.6 Å². The molecular weight excluding hydrogens is 381 g/mol. The van der Waals surface area contributed by atoms with Gasteiger partial charge in [0.25, 0.3) is 0 Å². The van der Waals surface area contributed by atoms with Crippen LogP contribution in [-0.4, -0.2) is 34.0 Å². The van der Waals surface area contributed by atoms with E-state index in [2.05, 4.69) is 4.98 Å². The molecule has 2 heterocycles. The molecule has 0 amide bonds. The van der Waals surface area contributed by atoms with Gasteiger partial charge in [0, 0.05) is 18.9 Å². The number of likely N-dealkylation sites (tertiary alicyclic amines) is 1. The molecule has 1 aromatic heterocycles. The first-order valence-electron chi connectivity index (χ1n) is 8.51. The molecule has 2 unspecified atom stereocenters. The standard InChI is InChI=1S/C19H18ClF3N2O2/c20-16-6-5-12(9-15(16)19(21,22)23)17(13-3-1-7-24-10-13)25-8-2-4-14(11-25)18(26)27/h1,3,5-7,9-10,14,17H,2,4,8,11H2,(H,26,27). The van der Waals surface area contributed by atoms with Gasteiger partial charge in [0.1, 0.15) is 0 Å². The van der Waals surface area contributed by atoms with Crippen LogP contribution in [0.3, 0.4) is 0 Å². The first-order valence-corrected chi connectivity index (χ1v) is 8.88. The Morgan fingerprint density at radius 2 is 2.07 bits per heavy atom. The minimum atomic E-state index is -4.57. The Morgan fingerprint density at radius 3 is 2.70 bits per heavy atom. The fourth-order valence-electron chi connectivity index (χ4n) is 3.52. The predicted molar refractivity (Wildman–Crippen MR) is 94.5 cm³/mol. The molecule has 144 valence electrons. The van der Waals surface area contributed by atoms with Gasteiger partial charge in [-0.1, -0.05) is 23.7 Å². The second-order valence-electron chi connectivity index (χ2n) is 6.60. The third-order valence-electron chi connectivity index (χ3n) is 4.78. The van der Waals surface area contributed by atoms with Crippen molar-refractivity contribution in [2.75, 3.05) is 13.1 Å². The Balaban J connectivity index is 2.05. The zero-order chi connectivity index (χ0) is 19.6. The van der Waals surface area contributed by atoms with Crippen molar-refractivity contribution in [1.82, 2.24) is 9.88 Å². The van der Waals surface area contributed by atoms with Crippen molar-refractivity contribution in [3.05, 3.63) is 64.4 Å². The van der Waals surface area contributed by atoms with Crippen molar-refractivity contribution in [3.8, 4) is 0 Å². The van der Waals surface area contributed by atoms with Crippen LogP contribution in [0.2, 0.25) is 5.02 Å². The van der Waals surface area contributed by atoms with Gasteiger partial charge in [-0.15, -0.1) is 0 Å². The summed E-state index contributed by atoms with van der Waals surface area (Å²) in [6.07, 6.45) is -0.178. The number of piperidine rings is 1. The van der Waals surface area contributed by atoms with Crippen LogP contribution in [-0.2, 0) is 11.0 Å². The number of carboxylic acids is 1. The Hall–Kier alpha value is -2.12. The summed E-state index contributed by atoms with van der Waals surface area (Å²) in [6, 6.07) is 6.80. The molecule has 1 aliphatic rings. The van der Waals surface area contributed by atoms with Gasteiger partial charge in [-0.2, -0.15) is 13.2 Å². The van der Waals surface area contributed by atoms with Gasteiger partial charge < -0.3 is 5.11 Å². The number of alkyl halides is 3. The smallest absolute Gasteiger partial charge is 0.417 e. The van der Waals surface area contributed by atoms with E-state index in [1.165, 1.54) is 6.07 Å². The van der Waals surface area contributed by atoms with Crippen LogP contribution >= 0.6 is 11.6 Å². The van der Waals surface area contributed by atoms with Crippen molar-refractivity contribution in [3.63, 3.8) is 0 Å². The third-order valence-corrected chi connectivity index (χ3v) is 5.11. The van der Waals surface area contributed by atoms with E-state index in [1.807, 2.05) is 4.90 Å². The Kier molecular flexibility index (Phi) is 5.72. The lowest BCUT2D eigenvalue weighted by Crippen LogP contribution is -2.41. The van der Waals surface area contributed by atoms with Crippen LogP contribution < -0.4 is 0 Å².